The molecule has 1 aliphatic carbocycles. The zero-order valence-electron chi connectivity index (χ0n) is 16.8. The Hall–Kier alpha value is -3.15. The van der Waals surface area contributed by atoms with Crippen LogP contribution in [0.4, 0.5) is 5.69 Å². The lowest BCUT2D eigenvalue weighted by Crippen LogP contribution is -2.26. The smallest absolute Gasteiger partial charge is 0.251 e. The van der Waals surface area contributed by atoms with Crippen molar-refractivity contribution in [2.75, 3.05) is 12.4 Å². The number of H-pyrrole nitrogens is 1. The first-order valence-corrected chi connectivity index (χ1v) is 10.2. The normalized spacial score (nSPS) is 19.1. The van der Waals surface area contributed by atoms with Gasteiger partial charge in [0.05, 0.1) is 11.0 Å². The second kappa shape index (κ2) is 8.07. The molecule has 6 heteroatoms. The van der Waals surface area contributed by atoms with Gasteiger partial charge in [0.1, 0.15) is 5.82 Å². The van der Waals surface area contributed by atoms with Crippen LogP contribution >= 0.6 is 0 Å². The van der Waals surface area contributed by atoms with Crippen molar-refractivity contribution in [2.45, 2.75) is 32.6 Å². The van der Waals surface area contributed by atoms with Gasteiger partial charge in [0, 0.05) is 29.8 Å². The van der Waals surface area contributed by atoms with Crippen molar-refractivity contribution >= 4 is 28.5 Å². The molecule has 0 aliphatic heterocycles. The maximum absolute atomic E-state index is 12.6. The van der Waals surface area contributed by atoms with E-state index >= 15 is 0 Å². The molecule has 1 aromatic heterocycles. The van der Waals surface area contributed by atoms with Crippen LogP contribution in [-0.2, 0) is 4.79 Å². The minimum absolute atomic E-state index is 0.107. The van der Waals surface area contributed by atoms with Gasteiger partial charge < -0.3 is 15.6 Å². The van der Waals surface area contributed by atoms with Crippen LogP contribution in [0, 0.1) is 11.8 Å². The summed E-state index contributed by atoms with van der Waals surface area (Å²) in [4.78, 5) is 32.2. The van der Waals surface area contributed by atoms with Crippen LogP contribution in [0.25, 0.3) is 22.4 Å². The number of nitrogens with one attached hydrogen (secondary N) is 3. The quantitative estimate of drug-likeness (QED) is 0.619. The number of aromatic nitrogens is 2. The molecule has 29 heavy (non-hydrogen) atoms. The number of hydrogen-bond donors (Lipinski definition) is 3. The van der Waals surface area contributed by atoms with Crippen LogP contribution in [0.3, 0.4) is 0 Å². The number of hydrogen-bond acceptors (Lipinski definition) is 3. The third-order valence-corrected chi connectivity index (χ3v) is 5.78. The highest BCUT2D eigenvalue weighted by Crippen LogP contribution is 2.30. The fourth-order valence-corrected chi connectivity index (χ4v) is 3.91. The van der Waals surface area contributed by atoms with Gasteiger partial charge in [-0.2, -0.15) is 0 Å². The van der Waals surface area contributed by atoms with Gasteiger partial charge >= 0.3 is 0 Å². The summed E-state index contributed by atoms with van der Waals surface area (Å²) < 4.78 is 0. The number of aromatic amines is 1. The molecule has 1 saturated carbocycles. The summed E-state index contributed by atoms with van der Waals surface area (Å²) >= 11 is 0. The Morgan fingerprint density at radius 3 is 2.45 bits per heavy atom. The van der Waals surface area contributed by atoms with Crippen molar-refractivity contribution in [2.24, 2.45) is 11.8 Å². The summed E-state index contributed by atoms with van der Waals surface area (Å²) in [6, 6.07) is 13.0. The predicted octanol–water partition coefficient (Wildman–Crippen LogP) is 4.35. The van der Waals surface area contributed by atoms with Crippen molar-refractivity contribution < 1.29 is 9.59 Å². The van der Waals surface area contributed by atoms with Crippen molar-refractivity contribution in [3.05, 3.63) is 48.0 Å². The zero-order chi connectivity index (χ0) is 20.4. The number of fused-ring (bicyclic) bond motifs is 1. The number of carbonyl (C=O) groups excluding carboxylic acids is 2. The molecule has 4 rings (SSSR count). The molecule has 0 unspecified atom stereocenters. The zero-order valence-corrected chi connectivity index (χ0v) is 16.8. The number of carbonyl (C=O) groups is 2. The molecular formula is C23H26N4O2. The molecule has 3 N–H and O–H groups in total. The highest BCUT2D eigenvalue weighted by Gasteiger charge is 2.24. The molecule has 1 heterocycles. The Labute approximate surface area is 170 Å². The van der Waals surface area contributed by atoms with Crippen LogP contribution in [-0.4, -0.2) is 28.8 Å². The Morgan fingerprint density at radius 2 is 1.76 bits per heavy atom. The topological polar surface area (TPSA) is 86.9 Å². The second-order valence-corrected chi connectivity index (χ2v) is 7.92. The van der Waals surface area contributed by atoms with Gasteiger partial charge in [-0.15, -0.1) is 0 Å². The fraction of sp³-hybridized carbons (Fsp3) is 0.348. The number of amides is 2. The van der Waals surface area contributed by atoms with E-state index in [2.05, 4.69) is 27.5 Å². The number of anilines is 1. The van der Waals surface area contributed by atoms with Gasteiger partial charge in [-0.3, -0.25) is 9.59 Å². The molecule has 3 aromatic rings. The average molecular weight is 390 g/mol. The van der Waals surface area contributed by atoms with E-state index in [-0.39, 0.29) is 17.7 Å². The fourth-order valence-electron chi connectivity index (χ4n) is 3.91. The SMILES string of the molecule is CNC(=O)c1ccc(-c2nc3cc(NC(=O)C4CCC(C)CC4)ccc3[nH]2)cc1. The highest BCUT2D eigenvalue weighted by atomic mass is 16.2. The standard InChI is InChI=1S/C23H26N4O2/c1-14-3-5-17(6-4-14)23(29)25-18-11-12-19-20(13-18)27-21(26-19)15-7-9-16(10-8-15)22(28)24-2/h7-14,17H,3-6H2,1-2H3,(H,24,28)(H,25,29)(H,26,27). The summed E-state index contributed by atoms with van der Waals surface area (Å²) in [5.41, 5.74) is 3.98. The van der Waals surface area contributed by atoms with E-state index in [0.717, 1.165) is 59.7 Å². The van der Waals surface area contributed by atoms with Gasteiger partial charge in [-0.25, -0.2) is 4.98 Å². The lowest BCUT2D eigenvalue weighted by molar-refractivity contribution is -0.121. The third-order valence-electron chi connectivity index (χ3n) is 5.78. The van der Waals surface area contributed by atoms with Crippen LogP contribution in [0.15, 0.2) is 42.5 Å². The lowest BCUT2D eigenvalue weighted by atomic mass is 9.82. The number of rotatable bonds is 4. The molecule has 0 radical (unpaired) electrons. The van der Waals surface area contributed by atoms with Crippen LogP contribution in [0.2, 0.25) is 0 Å². The highest BCUT2D eigenvalue weighted by molar-refractivity contribution is 5.95. The molecular weight excluding hydrogens is 364 g/mol. The maximum atomic E-state index is 12.6. The maximum Gasteiger partial charge on any atom is 0.251 e. The van der Waals surface area contributed by atoms with E-state index in [4.69, 9.17) is 0 Å². The summed E-state index contributed by atoms with van der Waals surface area (Å²) in [6.07, 6.45) is 4.18. The van der Waals surface area contributed by atoms with Crippen LogP contribution < -0.4 is 10.6 Å². The minimum atomic E-state index is -0.117. The Morgan fingerprint density at radius 1 is 1.03 bits per heavy atom. The first-order valence-electron chi connectivity index (χ1n) is 10.2. The van der Waals surface area contributed by atoms with E-state index in [1.807, 2.05) is 30.3 Å². The molecule has 150 valence electrons. The number of nitrogens with zero attached hydrogens (tertiary/aromatic N) is 1. The third kappa shape index (κ3) is 4.16. The van der Waals surface area contributed by atoms with Crippen molar-refractivity contribution in [3.63, 3.8) is 0 Å². The molecule has 0 bridgehead atoms. The van der Waals surface area contributed by atoms with Crippen molar-refractivity contribution in [1.82, 2.24) is 15.3 Å². The predicted molar refractivity (Wildman–Crippen MR) is 115 cm³/mol. The van der Waals surface area contributed by atoms with Crippen molar-refractivity contribution in [3.8, 4) is 11.4 Å². The largest absolute Gasteiger partial charge is 0.355 e. The first-order chi connectivity index (χ1) is 14.0. The molecule has 6 nitrogen and oxygen atoms in total. The van der Waals surface area contributed by atoms with Gasteiger partial charge in [0.2, 0.25) is 5.91 Å². The molecule has 0 spiro atoms. The van der Waals surface area contributed by atoms with Crippen LogP contribution in [0.5, 0.6) is 0 Å². The van der Waals surface area contributed by atoms with E-state index < -0.39 is 0 Å². The van der Waals surface area contributed by atoms with Gasteiger partial charge in [0.15, 0.2) is 0 Å². The van der Waals surface area contributed by atoms with Gasteiger partial charge in [-0.1, -0.05) is 19.1 Å². The van der Waals surface area contributed by atoms with E-state index in [9.17, 15) is 9.59 Å². The Bertz CT molecular complexity index is 1030. The lowest BCUT2D eigenvalue weighted by Gasteiger charge is -2.25. The molecule has 2 amide bonds. The minimum Gasteiger partial charge on any atom is -0.355 e. The molecule has 1 fully saturated rings. The molecule has 1 aliphatic rings. The summed E-state index contributed by atoms with van der Waals surface area (Å²) in [5, 5.41) is 5.67. The molecule has 0 atom stereocenters. The van der Waals surface area contributed by atoms with Crippen LogP contribution in [0.1, 0.15) is 43.0 Å². The molecule has 2 aromatic carbocycles. The first kappa shape index (κ1) is 19.2. The summed E-state index contributed by atoms with van der Waals surface area (Å²) in [5.74, 6) is 1.55. The average Bonchev–Trinajstić information content (AvgIpc) is 3.17. The van der Waals surface area contributed by atoms with E-state index in [0.29, 0.717) is 5.56 Å². The Kier molecular flexibility index (Phi) is 5.34. The van der Waals surface area contributed by atoms with Gasteiger partial charge in [-0.05, 0) is 61.9 Å². The summed E-state index contributed by atoms with van der Waals surface area (Å²) in [7, 11) is 1.61. The van der Waals surface area contributed by atoms with E-state index in [1.54, 1.807) is 19.2 Å². The number of imidazole rings is 1. The van der Waals surface area contributed by atoms with E-state index in [1.165, 1.54) is 0 Å². The Balaban J connectivity index is 1.50. The van der Waals surface area contributed by atoms with Gasteiger partial charge in [0.25, 0.3) is 5.91 Å². The summed E-state index contributed by atoms with van der Waals surface area (Å²) in [6.45, 7) is 2.25. The second-order valence-electron chi connectivity index (χ2n) is 7.92. The number of benzene rings is 2. The monoisotopic (exact) mass is 390 g/mol. The van der Waals surface area contributed by atoms with Crippen molar-refractivity contribution in [1.29, 1.82) is 0 Å². The molecule has 0 saturated heterocycles.